The van der Waals surface area contributed by atoms with Gasteiger partial charge in [0.05, 0.1) is 12.1 Å². The monoisotopic (exact) mass is 236 g/mol. The molecule has 1 aromatic rings. The molecule has 0 radical (unpaired) electrons. The molecule has 2 fully saturated rings. The van der Waals surface area contributed by atoms with Gasteiger partial charge in [-0.15, -0.1) is 0 Å². The van der Waals surface area contributed by atoms with Crippen molar-refractivity contribution in [1.82, 2.24) is 9.78 Å². The van der Waals surface area contributed by atoms with Gasteiger partial charge < -0.3 is 5.11 Å². The van der Waals surface area contributed by atoms with Gasteiger partial charge in [-0.3, -0.25) is 9.89 Å². The van der Waals surface area contributed by atoms with Crippen molar-refractivity contribution in [3.8, 4) is 0 Å². The van der Waals surface area contributed by atoms with Gasteiger partial charge in [-0.2, -0.15) is 0 Å². The minimum Gasteiger partial charge on any atom is -0.391 e. The van der Waals surface area contributed by atoms with Crippen LogP contribution in [0.25, 0.3) is 0 Å². The van der Waals surface area contributed by atoms with Gasteiger partial charge in [-0.1, -0.05) is 19.3 Å². The van der Waals surface area contributed by atoms with Crippen molar-refractivity contribution in [2.75, 3.05) is 0 Å². The lowest BCUT2D eigenvalue weighted by Crippen LogP contribution is -2.30. The topological polar surface area (TPSA) is 58.0 Å². The summed E-state index contributed by atoms with van der Waals surface area (Å²) < 4.78 is 1.67. The Morgan fingerprint density at radius 1 is 1.18 bits per heavy atom. The summed E-state index contributed by atoms with van der Waals surface area (Å²) in [6, 6.07) is 1.67. The first-order valence-corrected chi connectivity index (χ1v) is 6.75. The van der Waals surface area contributed by atoms with Crippen LogP contribution in [0.1, 0.15) is 62.6 Å². The Hall–Kier alpha value is -1.03. The molecule has 4 nitrogen and oxygen atoms in total. The zero-order valence-electron chi connectivity index (χ0n) is 10.1. The molecule has 2 saturated carbocycles. The molecule has 2 aliphatic carbocycles. The highest BCUT2D eigenvalue weighted by Gasteiger charge is 2.29. The molecule has 2 N–H and O–H groups in total. The lowest BCUT2D eigenvalue weighted by atomic mass is 10.1. The van der Waals surface area contributed by atoms with E-state index in [2.05, 4.69) is 5.10 Å². The summed E-state index contributed by atoms with van der Waals surface area (Å²) in [6.07, 6.45) is 7.06. The number of nitrogens with zero attached hydrogens (tertiary/aromatic N) is 1. The van der Waals surface area contributed by atoms with Gasteiger partial charge in [0, 0.05) is 17.7 Å². The maximum Gasteiger partial charge on any atom is 0.267 e. The van der Waals surface area contributed by atoms with Gasteiger partial charge in [0.1, 0.15) is 0 Å². The van der Waals surface area contributed by atoms with E-state index in [1.165, 1.54) is 19.3 Å². The molecule has 1 aromatic heterocycles. The van der Waals surface area contributed by atoms with E-state index in [0.717, 1.165) is 31.4 Å². The first kappa shape index (κ1) is 11.1. The fourth-order valence-corrected chi connectivity index (χ4v) is 2.85. The van der Waals surface area contributed by atoms with E-state index in [1.54, 1.807) is 10.7 Å². The molecule has 0 amide bonds. The third-order valence-electron chi connectivity index (χ3n) is 4.06. The van der Waals surface area contributed by atoms with Crippen molar-refractivity contribution in [2.45, 2.75) is 63.0 Å². The van der Waals surface area contributed by atoms with E-state index < -0.39 is 0 Å². The fraction of sp³-hybridized carbons (Fsp3) is 0.769. The summed E-state index contributed by atoms with van der Waals surface area (Å²) in [5.74, 6) is 0.562. The average Bonchev–Trinajstić information content (AvgIpc) is 3.09. The number of aliphatic hydroxyl groups excluding tert-OH is 1. The van der Waals surface area contributed by atoms with Gasteiger partial charge in [0.2, 0.25) is 0 Å². The molecule has 2 atom stereocenters. The Kier molecular flexibility index (Phi) is 2.82. The zero-order valence-corrected chi connectivity index (χ0v) is 10.1. The Morgan fingerprint density at radius 3 is 2.71 bits per heavy atom. The van der Waals surface area contributed by atoms with E-state index in [1.807, 2.05) is 0 Å². The highest BCUT2D eigenvalue weighted by molar-refractivity contribution is 5.13. The predicted octanol–water partition coefficient (Wildman–Crippen LogP) is 1.92. The zero-order chi connectivity index (χ0) is 11.8. The standard InChI is InChI=1S/C13H20N2O2/c16-12-5-3-1-2-4-11(12)15-13(17)8-10(14-15)9-6-7-9/h8-9,11-12,14,16H,1-7H2. The number of hydrogen-bond acceptors (Lipinski definition) is 2. The number of H-pyrrole nitrogens is 1. The van der Waals surface area contributed by atoms with Crippen LogP contribution in [0.3, 0.4) is 0 Å². The second-order valence-electron chi connectivity index (χ2n) is 5.47. The Morgan fingerprint density at radius 2 is 1.94 bits per heavy atom. The van der Waals surface area contributed by atoms with Crippen molar-refractivity contribution < 1.29 is 5.11 Å². The first-order valence-electron chi connectivity index (χ1n) is 6.75. The number of hydrogen-bond donors (Lipinski definition) is 2. The van der Waals surface area contributed by atoms with E-state index >= 15 is 0 Å². The van der Waals surface area contributed by atoms with Crippen LogP contribution in [0.2, 0.25) is 0 Å². The van der Waals surface area contributed by atoms with Crippen LogP contribution in [0.4, 0.5) is 0 Å². The normalized spacial score (nSPS) is 30.2. The molecule has 0 saturated heterocycles. The largest absolute Gasteiger partial charge is 0.391 e. The highest BCUT2D eigenvalue weighted by atomic mass is 16.3. The van der Waals surface area contributed by atoms with Crippen molar-refractivity contribution >= 4 is 0 Å². The molecule has 17 heavy (non-hydrogen) atoms. The molecule has 0 spiro atoms. The molecule has 94 valence electrons. The van der Waals surface area contributed by atoms with Crippen LogP contribution >= 0.6 is 0 Å². The summed E-state index contributed by atoms with van der Waals surface area (Å²) in [5.41, 5.74) is 1.09. The minimum absolute atomic E-state index is 0.0258. The fourth-order valence-electron chi connectivity index (χ4n) is 2.85. The number of aromatic amines is 1. The van der Waals surface area contributed by atoms with Crippen LogP contribution in [-0.2, 0) is 0 Å². The molecule has 1 heterocycles. The first-order chi connectivity index (χ1) is 8.25. The smallest absolute Gasteiger partial charge is 0.267 e. The maximum absolute atomic E-state index is 11.9. The van der Waals surface area contributed by atoms with Crippen molar-refractivity contribution in [2.24, 2.45) is 0 Å². The number of aromatic nitrogens is 2. The van der Waals surface area contributed by atoms with Gasteiger partial charge >= 0.3 is 0 Å². The number of nitrogens with one attached hydrogen (secondary N) is 1. The van der Waals surface area contributed by atoms with E-state index in [9.17, 15) is 9.90 Å². The maximum atomic E-state index is 11.9. The van der Waals surface area contributed by atoms with Gasteiger partial charge in [-0.25, -0.2) is 4.68 Å². The second kappa shape index (κ2) is 4.33. The molecule has 4 heteroatoms. The molecular formula is C13H20N2O2. The Balaban J connectivity index is 1.88. The summed E-state index contributed by atoms with van der Waals surface area (Å²) in [4.78, 5) is 11.9. The van der Waals surface area contributed by atoms with Gasteiger partial charge in [-0.05, 0) is 25.7 Å². The van der Waals surface area contributed by atoms with Crippen molar-refractivity contribution in [3.05, 3.63) is 22.1 Å². The van der Waals surface area contributed by atoms with Crippen LogP contribution in [0.5, 0.6) is 0 Å². The summed E-state index contributed by atoms with van der Waals surface area (Å²) >= 11 is 0. The molecule has 0 aromatic carbocycles. The summed E-state index contributed by atoms with van der Waals surface area (Å²) in [7, 11) is 0. The third-order valence-corrected chi connectivity index (χ3v) is 4.06. The Bertz CT molecular complexity index is 445. The van der Waals surface area contributed by atoms with E-state index in [4.69, 9.17) is 0 Å². The third kappa shape index (κ3) is 2.18. The van der Waals surface area contributed by atoms with Crippen LogP contribution in [-0.4, -0.2) is 21.0 Å². The summed E-state index contributed by atoms with van der Waals surface area (Å²) in [5, 5.41) is 13.3. The lowest BCUT2D eigenvalue weighted by molar-refractivity contribution is 0.0972. The number of aliphatic hydroxyl groups is 1. The molecular weight excluding hydrogens is 216 g/mol. The van der Waals surface area contributed by atoms with Gasteiger partial charge in [0.15, 0.2) is 0 Å². The molecule has 0 bridgehead atoms. The average molecular weight is 236 g/mol. The Labute approximate surface area is 101 Å². The van der Waals surface area contributed by atoms with Crippen LogP contribution < -0.4 is 5.56 Å². The van der Waals surface area contributed by atoms with Crippen molar-refractivity contribution in [3.63, 3.8) is 0 Å². The SMILES string of the molecule is O=c1cc(C2CC2)[nH]n1C1CCCCCC1O. The highest BCUT2D eigenvalue weighted by Crippen LogP contribution is 2.38. The second-order valence-corrected chi connectivity index (χ2v) is 5.47. The number of rotatable bonds is 2. The van der Waals surface area contributed by atoms with E-state index in [0.29, 0.717) is 5.92 Å². The van der Waals surface area contributed by atoms with Crippen molar-refractivity contribution in [1.29, 1.82) is 0 Å². The lowest BCUT2D eigenvalue weighted by Gasteiger charge is -2.20. The minimum atomic E-state index is -0.374. The molecule has 2 unspecified atom stereocenters. The predicted molar refractivity (Wildman–Crippen MR) is 65.2 cm³/mol. The van der Waals surface area contributed by atoms with E-state index in [-0.39, 0.29) is 17.7 Å². The van der Waals surface area contributed by atoms with Crippen LogP contribution in [0.15, 0.2) is 10.9 Å². The molecule has 0 aliphatic heterocycles. The van der Waals surface area contributed by atoms with Crippen LogP contribution in [0, 0.1) is 0 Å². The molecule has 2 aliphatic rings. The summed E-state index contributed by atoms with van der Waals surface area (Å²) in [6.45, 7) is 0. The van der Waals surface area contributed by atoms with Gasteiger partial charge in [0.25, 0.3) is 5.56 Å². The quantitative estimate of drug-likeness (QED) is 0.771. The molecule has 3 rings (SSSR count).